The summed E-state index contributed by atoms with van der Waals surface area (Å²) in [6.45, 7) is 8.69. The molecule has 0 unspecified atom stereocenters. The van der Waals surface area contributed by atoms with Crippen molar-refractivity contribution < 1.29 is 23.9 Å². The molecule has 0 saturated carbocycles. The van der Waals surface area contributed by atoms with Crippen LogP contribution in [-0.4, -0.2) is 53.2 Å². The minimum atomic E-state index is -0.685. The van der Waals surface area contributed by atoms with Crippen LogP contribution in [-0.2, 0) is 25.5 Å². The van der Waals surface area contributed by atoms with Crippen LogP contribution in [0.3, 0.4) is 0 Å². The molecule has 3 rings (SSSR count). The molecule has 0 N–H and O–H groups in total. The first-order valence-corrected chi connectivity index (χ1v) is 11.3. The van der Waals surface area contributed by atoms with Crippen LogP contribution in [0, 0.1) is 5.41 Å². The quantitative estimate of drug-likeness (QED) is 0.614. The number of methoxy groups -OCH3 is 1. The topological polar surface area (TPSA) is 77.8 Å². The van der Waals surface area contributed by atoms with E-state index in [-0.39, 0.29) is 18.3 Å². The smallest absolute Gasteiger partial charge is 0.419 e. The van der Waals surface area contributed by atoms with E-state index in [9.17, 15) is 14.4 Å². The predicted octanol–water partition coefficient (Wildman–Crippen LogP) is 4.55. The van der Waals surface area contributed by atoms with E-state index in [0.29, 0.717) is 32.4 Å². The number of piperidine rings is 1. The summed E-state index contributed by atoms with van der Waals surface area (Å²) >= 11 is 0. The SMILES string of the molecule is CC[C@]1(CC(=O)OC)CCCN(CCc2cn(C(=O)OC(C)(C)C)c3ccccc23)C1=O. The lowest BCUT2D eigenvalue weighted by molar-refractivity contribution is -0.156. The zero-order valence-electron chi connectivity index (χ0n) is 19.8. The molecule has 0 bridgehead atoms. The van der Waals surface area contributed by atoms with Gasteiger partial charge in [-0.3, -0.25) is 14.2 Å². The van der Waals surface area contributed by atoms with Crippen LogP contribution in [0.1, 0.15) is 58.9 Å². The third-order valence-electron chi connectivity index (χ3n) is 6.25. The molecule has 1 amide bonds. The lowest BCUT2D eigenvalue weighted by Crippen LogP contribution is -2.50. The number of ether oxygens (including phenoxy) is 2. The molecule has 0 aliphatic carbocycles. The molecule has 1 fully saturated rings. The molecule has 1 aromatic heterocycles. The van der Waals surface area contributed by atoms with Crippen molar-refractivity contribution in [1.82, 2.24) is 9.47 Å². The number of para-hydroxylation sites is 1. The third kappa shape index (κ3) is 4.97. The van der Waals surface area contributed by atoms with Crippen LogP contribution in [0.15, 0.2) is 30.5 Å². The zero-order valence-corrected chi connectivity index (χ0v) is 19.8. The zero-order chi connectivity index (χ0) is 23.5. The number of hydrogen-bond acceptors (Lipinski definition) is 5. The summed E-state index contributed by atoms with van der Waals surface area (Å²) in [5, 5.41) is 0.971. The fourth-order valence-electron chi connectivity index (χ4n) is 4.50. The first-order valence-electron chi connectivity index (χ1n) is 11.3. The van der Waals surface area contributed by atoms with Crippen molar-refractivity contribution in [3.63, 3.8) is 0 Å². The van der Waals surface area contributed by atoms with Gasteiger partial charge in [-0.15, -0.1) is 0 Å². The number of carbonyl (C=O) groups is 3. The average Bonchev–Trinajstić information content (AvgIpc) is 3.12. The average molecular weight is 443 g/mol. The molecule has 7 heteroatoms. The molecule has 1 aliphatic heterocycles. The molecule has 0 spiro atoms. The van der Waals surface area contributed by atoms with Crippen LogP contribution in [0.25, 0.3) is 10.9 Å². The standard InChI is InChI=1S/C25H34N2O5/c1-6-25(16-21(28)31-5)13-9-14-26(22(25)29)15-12-18-17-27(23(30)32-24(2,3)4)20-11-8-7-10-19(18)20/h7-8,10-11,17H,6,9,12-16H2,1-5H3/t25-/m1/s1. The van der Waals surface area contributed by atoms with E-state index in [1.165, 1.54) is 7.11 Å². The number of rotatable bonds is 6. The first kappa shape index (κ1) is 23.8. The van der Waals surface area contributed by atoms with Gasteiger partial charge in [0.05, 0.1) is 24.5 Å². The van der Waals surface area contributed by atoms with Crippen LogP contribution >= 0.6 is 0 Å². The molecule has 1 saturated heterocycles. The molecule has 1 aromatic carbocycles. The van der Waals surface area contributed by atoms with Crippen molar-refractivity contribution in [3.05, 3.63) is 36.0 Å². The van der Waals surface area contributed by atoms with Crippen molar-refractivity contribution in [2.24, 2.45) is 5.41 Å². The van der Waals surface area contributed by atoms with Crippen LogP contribution in [0.5, 0.6) is 0 Å². The van der Waals surface area contributed by atoms with Crippen molar-refractivity contribution in [1.29, 1.82) is 0 Å². The number of nitrogens with zero attached hydrogens (tertiary/aromatic N) is 2. The highest BCUT2D eigenvalue weighted by atomic mass is 16.6. The van der Waals surface area contributed by atoms with Crippen molar-refractivity contribution in [3.8, 4) is 0 Å². The molecule has 32 heavy (non-hydrogen) atoms. The van der Waals surface area contributed by atoms with Gasteiger partial charge in [-0.1, -0.05) is 25.1 Å². The number of fused-ring (bicyclic) bond motifs is 1. The number of carbonyl (C=O) groups excluding carboxylic acids is 3. The normalized spacial score (nSPS) is 19.3. The van der Waals surface area contributed by atoms with Gasteiger partial charge in [0.1, 0.15) is 5.60 Å². The van der Waals surface area contributed by atoms with Gasteiger partial charge < -0.3 is 14.4 Å². The summed E-state index contributed by atoms with van der Waals surface area (Å²) in [5.41, 5.74) is 0.497. The van der Waals surface area contributed by atoms with E-state index in [4.69, 9.17) is 9.47 Å². The van der Waals surface area contributed by atoms with Gasteiger partial charge in [0, 0.05) is 24.7 Å². The summed E-state index contributed by atoms with van der Waals surface area (Å²) in [6.07, 6.45) is 4.29. The van der Waals surface area contributed by atoms with Gasteiger partial charge in [0.2, 0.25) is 5.91 Å². The third-order valence-corrected chi connectivity index (χ3v) is 6.25. The van der Waals surface area contributed by atoms with Gasteiger partial charge in [0.15, 0.2) is 0 Å². The van der Waals surface area contributed by atoms with E-state index >= 15 is 0 Å². The molecule has 1 atom stereocenters. The summed E-state index contributed by atoms with van der Waals surface area (Å²) < 4.78 is 11.9. The number of benzene rings is 1. The number of hydrogen-bond donors (Lipinski definition) is 0. The van der Waals surface area contributed by atoms with Crippen LogP contribution in [0.4, 0.5) is 4.79 Å². The van der Waals surface area contributed by atoms with E-state index in [0.717, 1.165) is 22.9 Å². The van der Waals surface area contributed by atoms with Gasteiger partial charge in [-0.05, 0) is 58.1 Å². The van der Waals surface area contributed by atoms with Crippen LogP contribution < -0.4 is 0 Å². The minimum absolute atomic E-state index is 0.0209. The highest BCUT2D eigenvalue weighted by molar-refractivity contribution is 5.92. The van der Waals surface area contributed by atoms with Gasteiger partial charge in [-0.2, -0.15) is 0 Å². The van der Waals surface area contributed by atoms with E-state index in [1.807, 2.05) is 63.1 Å². The van der Waals surface area contributed by atoms with E-state index in [1.54, 1.807) is 4.57 Å². The van der Waals surface area contributed by atoms with Gasteiger partial charge in [0.25, 0.3) is 0 Å². The van der Waals surface area contributed by atoms with Gasteiger partial charge in [-0.25, -0.2) is 4.79 Å². The molecule has 1 aliphatic rings. The number of aromatic nitrogens is 1. The fourth-order valence-corrected chi connectivity index (χ4v) is 4.50. The van der Waals surface area contributed by atoms with Crippen molar-refractivity contribution in [2.75, 3.05) is 20.2 Å². The highest BCUT2D eigenvalue weighted by Crippen LogP contribution is 2.38. The largest absolute Gasteiger partial charge is 0.469 e. The second-order valence-electron chi connectivity index (χ2n) is 9.55. The Hall–Kier alpha value is -2.83. The Labute approximate surface area is 189 Å². The highest BCUT2D eigenvalue weighted by Gasteiger charge is 2.44. The Balaban J connectivity index is 1.81. The Bertz CT molecular complexity index is 1000. The lowest BCUT2D eigenvalue weighted by atomic mass is 9.74. The van der Waals surface area contributed by atoms with Crippen molar-refractivity contribution >= 4 is 28.9 Å². The number of likely N-dealkylation sites (tertiary alicyclic amines) is 1. The maximum Gasteiger partial charge on any atom is 0.419 e. The molecule has 2 aromatic rings. The Morgan fingerprint density at radius 2 is 1.91 bits per heavy atom. The van der Waals surface area contributed by atoms with Gasteiger partial charge >= 0.3 is 12.1 Å². The first-order chi connectivity index (χ1) is 15.1. The molecule has 174 valence electrons. The van der Waals surface area contributed by atoms with Crippen molar-refractivity contribution in [2.45, 2.75) is 65.4 Å². The number of esters is 1. The van der Waals surface area contributed by atoms with Crippen LogP contribution in [0.2, 0.25) is 0 Å². The predicted molar refractivity (Wildman–Crippen MR) is 122 cm³/mol. The second kappa shape index (κ2) is 9.35. The second-order valence-corrected chi connectivity index (χ2v) is 9.55. The Morgan fingerprint density at radius 3 is 2.56 bits per heavy atom. The molecule has 0 radical (unpaired) electrons. The monoisotopic (exact) mass is 442 g/mol. The maximum atomic E-state index is 13.3. The Morgan fingerprint density at radius 1 is 1.19 bits per heavy atom. The lowest BCUT2D eigenvalue weighted by Gasteiger charge is -2.40. The summed E-state index contributed by atoms with van der Waals surface area (Å²) in [7, 11) is 1.36. The molecule has 7 nitrogen and oxygen atoms in total. The Kier molecular flexibility index (Phi) is 6.96. The summed E-state index contributed by atoms with van der Waals surface area (Å²) in [5.74, 6) is -0.324. The minimum Gasteiger partial charge on any atom is -0.469 e. The molecular weight excluding hydrogens is 408 g/mol. The van der Waals surface area contributed by atoms with E-state index < -0.39 is 17.1 Å². The number of amides is 1. The summed E-state index contributed by atoms with van der Waals surface area (Å²) in [4.78, 5) is 39.9. The summed E-state index contributed by atoms with van der Waals surface area (Å²) in [6, 6.07) is 7.71. The van der Waals surface area contributed by atoms with E-state index in [2.05, 4.69) is 0 Å². The fraction of sp³-hybridized carbons (Fsp3) is 0.560. The molecular formula is C25H34N2O5. The maximum absolute atomic E-state index is 13.3. The molecule has 2 heterocycles.